The van der Waals surface area contributed by atoms with E-state index in [0.717, 1.165) is 6.07 Å². The molecule has 0 aliphatic heterocycles. The molecule has 5 heteroatoms. The normalized spacial score (nSPS) is 9.87. The molecule has 0 bridgehead atoms. The van der Waals surface area contributed by atoms with Crippen LogP contribution >= 0.6 is 0 Å². The van der Waals surface area contributed by atoms with Gasteiger partial charge in [-0.05, 0) is 18.6 Å². The van der Waals surface area contributed by atoms with E-state index in [2.05, 4.69) is 10.1 Å². The Labute approximate surface area is 86.0 Å². The molecule has 0 spiro atoms. The number of benzene rings is 1. The lowest BCUT2D eigenvalue weighted by Gasteiger charge is -2.08. The van der Waals surface area contributed by atoms with E-state index < -0.39 is 17.6 Å². The van der Waals surface area contributed by atoms with Gasteiger partial charge in [-0.2, -0.15) is 0 Å². The lowest BCUT2D eigenvalue weighted by Crippen LogP contribution is -2.16. The van der Waals surface area contributed by atoms with Crippen LogP contribution in [0.4, 0.5) is 14.5 Å². The number of hydrogen-bond donors (Lipinski definition) is 1. The average molecular weight is 215 g/mol. The Bertz CT molecular complexity index is 380. The van der Waals surface area contributed by atoms with Crippen molar-refractivity contribution in [2.75, 3.05) is 19.0 Å². The molecule has 0 aliphatic carbocycles. The Morgan fingerprint density at radius 1 is 1.47 bits per heavy atom. The minimum absolute atomic E-state index is 0.270. The topological polar surface area (TPSA) is 38.3 Å². The number of anilines is 1. The second-order valence-electron chi connectivity index (χ2n) is 2.98. The van der Waals surface area contributed by atoms with E-state index in [1.54, 1.807) is 0 Å². The van der Waals surface area contributed by atoms with Crippen molar-refractivity contribution < 1.29 is 18.3 Å². The zero-order chi connectivity index (χ0) is 11.4. The van der Waals surface area contributed by atoms with Crippen molar-refractivity contribution in [1.29, 1.82) is 0 Å². The highest BCUT2D eigenvalue weighted by atomic mass is 19.1. The second kappa shape index (κ2) is 4.72. The zero-order valence-electron chi connectivity index (χ0n) is 8.43. The first-order valence-electron chi connectivity index (χ1n) is 4.31. The van der Waals surface area contributed by atoms with Gasteiger partial charge in [0.05, 0.1) is 7.11 Å². The second-order valence-corrected chi connectivity index (χ2v) is 2.98. The Morgan fingerprint density at radius 3 is 2.73 bits per heavy atom. The molecule has 82 valence electrons. The summed E-state index contributed by atoms with van der Waals surface area (Å²) in [6, 6.07) is 2.46. The maximum Gasteiger partial charge on any atom is 0.325 e. The van der Waals surface area contributed by atoms with Gasteiger partial charge in [0.25, 0.3) is 0 Å². The quantitative estimate of drug-likeness (QED) is 0.782. The van der Waals surface area contributed by atoms with Crippen molar-refractivity contribution in [2.45, 2.75) is 6.92 Å². The number of carbonyl (C=O) groups is 1. The number of nitrogens with one attached hydrogen (secondary N) is 1. The van der Waals surface area contributed by atoms with E-state index in [1.807, 2.05) is 0 Å². The van der Waals surface area contributed by atoms with Crippen molar-refractivity contribution in [3.8, 4) is 0 Å². The molecule has 1 rings (SSSR count). The summed E-state index contributed by atoms with van der Waals surface area (Å²) >= 11 is 0. The third kappa shape index (κ3) is 2.65. The Hall–Kier alpha value is -1.65. The molecule has 0 fully saturated rings. The fourth-order valence-electron chi connectivity index (χ4n) is 1.05. The van der Waals surface area contributed by atoms with Crippen LogP contribution in [0.5, 0.6) is 0 Å². The fraction of sp³-hybridized carbons (Fsp3) is 0.300. The number of rotatable bonds is 3. The van der Waals surface area contributed by atoms with Crippen LogP contribution in [-0.2, 0) is 9.53 Å². The van der Waals surface area contributed by atoms with E-state index in [-0.39, 0.29) is 12.2 Å². The lowest BCUT2D eigenvalue weighted by molar-refractivity contribution is -0.138. The van der Waals surface area contributed by atoms with Gasteiger partial charge in [-0.25, -0.2) is 8.78 Å². The molecule has 1 aromatic carbocycles. The molecule has 0 unspecified atom stereocenters. The molecule has 0 radical (unpaired) electrons. The van der Waals surface area contributed by atoms with Crippen LogP contribution in [0.3, 0.4) is 0 Å². The molecular weight excluding hydrogens is 204 g/mol. The third-order valence-electron chi connectivity index (χ3n) is 1.92. The summed E-state index contributed by atoms with van der Waals surface area (Å²) in [5.74, 6) is -2.02. The number of halogens is 2. The van der Waals surface area contributed by atoms with Gasteiger partial charge in [-0.3, -0.25) is 4.79 Å². The molecule has 0 saturated heterocycles. The number of ether oxygens (including phenoxy) is 1. The Morgan fingerprint density at radius 2 is 2.13 bits per heavy atom. The lowest BCUT2D eigenvalue weighted by atomic mass is 10.2. The molecule has 0 saturated carbocycles. The summed E-state index contributed by atoms with van der Waals surface area (Å²) in [7, 11) is 1.20. The van der Waals surface area contributed by atoms with E-state index in [1.165, 1.54) is 20.1 Å². The molecule has 0 atom stereocenters. The first-order chi connectivity index (χ1) is 7.06. The predicted molar refractivity (Wildman–Crippen MR) is 51.6 cm³/mol. The summed E-state index contributed by atoms with van der Waals surface area (Å²) in [4.78, 5) is 10.8. The van der Waals surface area contributed by atoms with Crippen LogP contribution in [0, 0.1) is 18.6 Å². The predicted octanol–water partition coefficient (Wildman–Crippen LogP) is 1.86. The Balaban J connectivity index is 2.84. The molecule has 1 aromatic rings. The summed E-state index contributed by atoms with van der Waals surface area (Å²) in [5.41, 5.74) is 0.00386. The molecule has 0 aromatic heterocycles. The summed E-state index contributed by atoms with van der Waals surface area (Å²) in [5, 5.41) is 2.35. The summed E-state index contributed by atoms with van der Waals surface area (Å²) in [6.45, 7) is 1.24. The highest BCUT2D eigenvalue weighted by Gasteiger charge is 2.12. The van der Waals surface area contributed by atoms with Gasteiger partial charge in [0.2, 0.25) is 0 Å². The van der Waals surface area contributed by atoms with Gasteiger partial charge >= 0.3 is 5.97 Å². The van der Waals surface area contributed by atoms with Crippen molar-refractivity contribution in [3.05, 3.63) is 29.3 Å². The average Bonchev–Trinajstić information content (AvgIpc) is 2.23. The molecule has 3 nitrogen and oxygen atoms in total. The van der Waals surface area contributed by atoms with Crippen molar-refractivity contribution in [2.24, 2.45) is 0 Å². The van der Waals surface area contributed by atoms with Gasteiger partial charge in [0.1, 0.15) is 18.0 Å². The standard InChI is InChI=1S/C10H11F2NO2/c1-6-3-4-7(11)10(9(6)12)13-5-8(14)15-2/h3-4,13H,5H2,1-2H3. The van der Waals surface area contributed by atoms with E-state index >= 15 is 0 Å². The SMILES string of the molecule is COC(=O)CNc1c(F)ccc(C)c1F. The van der Waals surface area contributed by atoms with Gasteiger partial charge in [-0.15, -0.1) is 0 Å². The molecule has 1 N–H and O–H groups in total. The van der Waals surface area contributed by atoms with Gasteiger partial charge in [0.15, 0.2) is 5.82 Å². The van der Waals surface area contributed by atoms with Gasteiger partial charge in [0, 0.05) is 0 Å². The highest BCUT2D eigenvalue weighted by molar-refractivity contribution is 5.75. The van der Waals surface area contributed by atoms with Crippen molar-refractivity contribution in [3.63, 3.8) is 0 Å². The monoisotopic (exact) mass is 215 g/mol. The van der Waals surface area contributed by atoms with Crippen LogP contribution in [0.2, 0.25) is 0 Å². The largest absolute Gasteiger partial charge is 0.468 e. The van der Waals surface area contributed by atoms with Crippen LogP contribution in [0.15, 0.2) is 12.1 Å². The first kappa shape index (κ1) is 11.4. The highest BCUT2D eigenvalue weighted by Crippen LogP contribution is 2.21. The minimum atomic E-state index is -0.734. The molecular formula is C10H11F2NO2. The van der Waals surface area contributed by atoms with Gasteiger partial charge in [-0.1, -0.05) is 6.07 Å². The molecule has 0 aliphatic rings. The number of aryl methyl sites for hydroxylation is 1. The summed E-state index contributed by atoms with van der Waals surface area (Å²) < 4.78 is 30.8. The maximum absolute atomic E-state index is 13.4. The van der Waals surface area contributed by atoms with E-state index in [9.17, 15) is 13.6 Å². The maximum atomic E-state index is 13.4. The Kier molecular flexibility index (Phi) is 3.60. The number of methoxy groups -OCH3 is 1. The molecule has 0 heterocycles. The zero-order valence-corrected chi connectivity index (χ0v) is 8.43. The smallest absolute Gasteiger partial charge is 0.325 e. The van der Waals surface area contributed by atoms with Crippen LogP contribution in [0.1, 0.15) is 5.56 Å². The third-order valence-corrected chi connectivity index (χ3v) is 1.92. The first-order valence-corrected chi connectivity index (χ1v) is 4.31. The van der Waals surface area contributed by atoms with Crippen LogP contribution < -0.4 is 5.32 Å². The fourth-order valence-corrected chi connectivity index (χ4v) is 1.05. The van der Waals surface area contributed by atoms with Gasteiger partial charge < -0.3 is 10.1 Å². The van der Waals surface area contributed by atoms with E-state index in [4.69, 9.17) is 0 Å². The minimum Gasteiger partial charge on any atom is -0.468 e. The van der Waals surface area contributed by atoms with Crippen LogP contribution in [-0.4, -0.2) is 19.6 Å². The number of hydrogen-bond acceptors (Lipinski definition) is 3. The molecule has 0 amide bonds. The van der Waals surface area contributed by atoms with Crippen molar-refractivity contribution >= 4 is 11.7 Å². The summed E-state index contributed by atoms with van der Waals surface area (Å²) in [6.07, 6.45) is 0. The number of carbonyl (C=O) groups excluding carboxylic acids is 1. The van der Waals surface area contributed by atoms with Crippen LogP contribution in [0.25, 0.3) is 0 Å². The van der Waals surface area contributed by atoms with Crippen molar-refractivity contribution in [1.82, 2.24) is 0 Å². The van der Waals surface area contributed by atoms with E-state index in [0.29, 0.717) is 5.56 Å². The molecule has 15 heavy (non-hydrogen) atoms. The number of esters is 1.